The van der Waals surface area contributed by atoms with Gasteiger partial charge < -0.3 is 10.4 Å². The molecule has 0 bridgehead atoms. The van der Waals surface area contributed by atoms with Gasteiger partial charge in [0.05, 0.1) is 5.60 Å². The van der Waals surface area contributed by atoms with Gasteiger partial charge >= 0.3 is 0 Å². The lowest BCUT2D eigenvalue weighted by Gasteiger charge is -2.15. The highest BCUT2D eigenvalue weighted by Crippen LogP contribution is 2.14. The van der Waals surface area contributed by atoms with Crippen LogP contribution in [0.3, 0.4) is 0 Å². The van der Waals surface area contributed by atoms with Crippen LogP contribution in [-0.4, -0.2) is 28.8 Å². The molecule has 0 spiro atoms. The van der Waals surface area contributed by atoms with Crippen LogP contribution in [-0.2, 0) is 6.54 Å². The Morgan fingerprint density at radius 2 is 2.19 bits per heavy atom. The van der Waals surface area contributed by atoms with Crippen molar-refractivity contribution in [2.75, 3.05) is 18.1 Å². The second kappa shape index (κ2) is 6.64. The molecule has 0 aromatic carbocycles. The van der Waals surface area contributed by atoms with Crippen LogP contribution in [0.1, 0.15) is 23.6 Å². The van der Waals surface area contributed by atoms with Gasteiger partial charge in [0, 0.05) is 34.3 Å². The molecule has 92 valence electrons. The fraction of sp³-hybridized carbons (Fsp3) is 0.667. The Kier molecular flexibility index (Phi) is 5.83. The Balaban J connectivity index is 2.00. The van der Waals surface area contributed by atoms with Crippen LogP contribution >= 0.6 is 23.1 Å². The van der Waals surface area contributed by atoms with Gasteiger partial charge in [-0.05, 0) is 32.9 Å². The normalized spacial score (nSPS) is 12.0. The number of hydrogen-bond acceptors (Lipinski definition) is 4. The fourth-order valence-corrected chi connectivity index (χ4v) is 3.05. The van der Waals surface area contributed by atoms with E-state index in [1.54, 1.807) is 11.8 Å². The molecular weight excluding hydrogens is 238 g/mol. The maximum absolute atomic E-state index is 9.52. The minimum absolute atomic E-state index is 0.546. The zero-order valence-corrected chi connectivity index (χ0v) is 11.9. The summed E-state index contributed by atoms with van der Waals surface area (Å²) in [6.45, 7) is 7.79. The third-order valence-electron chi connectivity index (χ3n) is 1.97. The molecule has 0 aliphatic rings. The SMILES string of the molecule is Cc1ccc(CNCCSCC(C)(C)O)s1. The van der Waals surface area contributed by atoms with E-state index >= 15 is 0 Å². The van der Waals surface area contributed by atoms with Crippen LogP contribution in [0.5, 0.6) is 0 Å². The molecule has 0 aliphatic heterocycles. The Morgan fingerprint density at radius 3 is 2.75 bits per heavy atom. The van der Waals surface area contributed by atoms with Gasteiger partial charge in [-0.3, -0.25) is 0 Å². The monoisotopic (exact) mass is 259 g/mol. The first-order chi connectivity index (χ1) is 7.47. The molecule has 4 heteroatoms. The molecule has 1 heterocycles. The Labute approximate surface area is 106 Å². The van der Waals surface area contributed by atoms with Crippen molar-refractivity contribution in [3.8, 4) is 0 Å². The lowest BCUT2D eigenvalue weighted by molar-refractivity contribution is 0.107. The maximum Gasteiger partial charge on any atom is 0.0681 e. The lowest BCUT2D eigenvalue weighted by Crippen LogP contribution is -2.23. The van der Waals surface area contributed by atoms with E-state index in [9.17, 15) is 5.11 Å². The number of thioether (sulfide) groups is 1. The highest BCUT2D eigenvalue weighted by molar-refractivity contribution is 7.99. The molecule has 1 rings (SSSR count). The summed E-state index contributed by atoms with van der Waals surface area (Å²) in [4.78, 5) is 2.76. The van der Waals surface area contributed by atoms with E-state index in [0.717, 1.165) is 24.6 Å². The quantitative estimate of drug-likeness (QED) is 0.738. The molecular formula is C12H21NOS2. The molecule has 2 N–H and O–H groups in total. The van der Waals surface area contributed by atoms with Crippen LogP contribution < -0.4 is 5.32 Å². The summed E-state index contributed by atoms with van der Waals surface area (Å²) in [7, 11) is 0. The number of hydrogen-bond donors (Lipinski definition) is 2. The van der Waals surface area contributed by atoms with E-state index in [1.807, 2.05) is 25.2 Å². The summed E-state index contributed by atoms with van der Waals surface area (Å²) < 4.78 is 0. The third kappa shape index (κ3) is 6.53. The van der Waals surface area contributed by atoms with Crippen molar-refractivity contribution in [3.63, 3.8) is 0 Å². The molecule has 1 aromatic rings. The van der Waals surface area contributed by atoms with Gasteiger partial charge in [-0.2, -0.15) is 11.8 Å². The molecule has 1 aromatic heterocycles. The summed E-state index contributed by atoms with van der Waals surface area (Å²) in [6.07, 6.45) is 0. The van der Waals surface area contributed by atoms with Crippen LogP contribution in [0, 0.1) is 6.92 Å². The predicted molar refractivity (Wildman–Crippen MR) is 74.4 cm³/mol. The van der Waals surface area contributed by atoms with Crippen molar-refractivity contribution >= 4 is 23.1 Å². The Morgan fingerprint density at radius 1 is 1.44 bits per heavy atom. The first-order valence-electron chi connectivity index (χ1n) is 5.53. The smallest absolute Gasteiger partial charge is 0.0681 e. The number of aryl methyl sites for hydroxylation is 1. The number of nitrogens with one attached hydrogen (secondary N) is 1. The largest absolute Gasteiger partial charge is 0.390 e. The van der Waals surface area contributed by atoms with Gasteiger partial charge in [-0.25, -0.2) is 0 Å². The van der Waals surface area contributed by atoms with E-state index in [0.29, 0.717) is 0 Å². The number of rotatable bonds is 7. The van der Waals surface area contributed by atoms with Crippen LogP contribution in [0.15, 0.2) is 12.1 Å². The molecule has 0 unspecified atom stereocenters. The zero-order chi connectivity index (χ0) is 12.0. The minimum Gasteiger partial charge on any atom is -0.390 e. The van der Waals surface area contributed by atoms with Gasteiger partial charge in [0.2, 0.25) is 0 Å². The predicted octanol–water partition coefficient (Wildman–Crippen LogP) is 2.65. The van der Waals surface area contributed by atoms with Crippen molar-refractivity contribution in [2.24, 2.45) is 0 Å². The second-order valence-corrected chi connectivity index (χ2v) is 7.03. The maximum atomic E-state index is 9.52. The summed E-state index contributed by atoms with van der Waals surface area (Å²) in [5, 5.41) is 12.9. The fourth-order valence-electron chi connectivity index (χ4n) is 1.26. The average Bonchev–Trinajstić information content (AvgIpc) is 2.56. The minimum atomic E-state index is -0.546. The molecule has 0 saturated carbocycles. The van der Waals surface area contributed by atoms with Crippen molar-refractivity contribution < 1.29 is 5.11 Å². The second-order valence-electron chi connectivity index (χ2n) is 4.55. The molecule has 2 nitrogen and oxygen atoms in total. The first-order valence-corrected chi connectivity index (χ1v) is 7.51. The summed E-state index contributed by atoms with van der Waals surface area (Å²) in [5.74, 6) is 1.85. The van der Waals surface area contributed by atoms with Crippen LogP contribution in [0.4, 0.5) is 0 Å². The van der Waals surface area contributed by atoms with Gasteiger partial charge in [-0.1, -0.05) is 0 Å². The molecule has 0 saturated heterocycles. The first kappa shape index (κ1) is 14.0. The van der Waals surface area contributed by atoms with E-state index in [-0.39, 0.29) is 0 Å². The molecule has 0 aliphatic carbocycles. The highest BCUT2D eigenvalue weighted by atomic mass is 32.2. The van der Waals surface area contributed by atoms with E-state index in [2.05, 4.69) is 24.4 Å². The third-order valence-corrected chi connectivity index (χ3v) is 4.38. The summed E-state index contributed by atoms with van der Waals surface area (Å²) in [6, 6.07) is 4.34. The van der Waals surface area contributed by atoms with E-state index in [1.165, 1.54) is 9.75 Å². The Bertz CT molecular complexity index is 304. The zero-order valence-electron chi connectivity index (χ0n) is 10.2. The van der Waals surface area contributed by atoms with Crippen molar-refractivity contribution in [1.82, 2.24) is 5.32 Å². The van der Waals surface area contributed by atoms with Crippen molar-refractivity contribution in [1.29, 1.82) is 0 Å². The summed E-state index contributed by atoms with van der Waals surface area (Å²) in [5.41, 5.74) is -0.546. The lowest BCUT2D eigenvalue weighted by atomic mass is 10.2. The van der Waals surface area contributed by atoms with Crippen LogP contribution in [0.2, 0.25) is 0 Å². The van der Waals surface area contributed by atoms with Gasteiger partial charge in [0.25, 0.3) is 0 Å². The molecule has 0 amide bonds. The van der Waals surface area contributed by atoms with Gasteiger partial charge in [-0.15, -0.1) is 11.3 Å². The van der Waals surface area contributed by atoms with Crippen molar-refractivity contribution in [2.45, 2.75) is 32.9 Å². The van der Waals surface area contributed by atoms with Gasteiger partial charge in [0.1, 0.15) is 0 Å². The average molecular weight is 259 g/mol. The topological polar surface area (TPSA) is 32.3 Å². The standard InChI is InChI=1S/C12H21NOS2/c1-10-4-5-11(16-10)8-13-6-7-15-9-12(2,3)14/h4-5,13-14H,6-9H2,1-3H3. The molecule has 16 heavy (non-hydrogen) atoms. The number of aliphatic hydroxyl groups is 1. The summed E-state index contributed by atoms with van der Waals surface area (Å²) >= 11 is 3.64. The highest BCUT2D eigenvalue weighted by Gasteiger charge is 2.11. The molecule has 0 atom stereocenters. The molecule has 0 fully saturated rings. The van der Waals surface area contributed by atoms with Gasteiger partial charge in [0.15, 0.2) is 0 Å². The van der Waals surface area contributed by atoms with Crippen molar-refractivity contribution in [3.05, 3.63) is 21.9 Å². The Hall–Kier alpha value is -0.0300. The van der Waals surface area contributed by atoms with E-state index in [4.69, 9.17) is 0 Å². The van der Waals surface area contributed by atoms with Crippen LogP contribution in [0.25, 0.3) is 0 Å². The van der Waals surface area contributed by atoms with E-state index < -0.39 is 5.60 Å². The number of thiophene rings is 1. The molecule has 0 radical (unpaired) electrons.